The molecule has 0 aliphatic carbocycles. The second kappa shape index (κ2) is 3.85. The van der Waals surface area contributed by atoms with Gasteiger partial charge in [0.1, 0.15) is 6.04 Å². The van der Waals surface area contributed by atoms with E-state index in [1.54, 1.807) is 0 Å². The van der Waals surface area contributed by atoms with Gasteiger partial charge in [0.05, 0.1) is 5.56 Å². The number of nitrogens with zero attached hydrogens (tertiary/aromatic N) is 1. The van der Waals surface area contributed by atoms with Crippen LogP contribution < -0.4 is 5.73 Å². The van der Waals surface area contributed by atoms with Crippen molar-refractivity contribution in [3.05, 3.63) is 29.6 Å². The van der Waals surface area contributed by atoms with E-state index in [-0.39, 0.29) is 0 Å². The minimum atomic E-state index is -4.63. The number of nitrogens with two attached hydrogens (primary N) is 1. The highest BCUT2D eigenvalue weighted by molar-refractivity contribution is 5.75. The molecule has 1 atom stereocenters. The topological polar surface area (TPSA) is 76.2 Å². The van der Waals surface area contributed by atoms with Gasteiger partial charge in [0.15, 0.2) is 0 Å². The number of carbonyl (C=O) groups is 1. The molecule has 0 saturated heterocycles. The Hall–Kier alpha value is -1.63. The Balaban J connectivity index is 3.24. The van der Waals surface area contributed by atoms with Crippen LogP contribution in [0.4, 0.5) is 13.2 Å². The smallest absolute Gasteiger partial charge is 0.416 e. The van der Waals surface area contributed by atoms with Crippen LogP contribution in [0.25, 0.3) is 0 Å². The van der Waals surface area contributed by atoms with E-state index in [9.17, 15) is 18.0 Å². The highest BCUT2D eigenvalue weighted by Crippen LogP contribution is 2.33. The summed E-state index contributed by atoms with van der Waals surface area (Å²) in [6.07, 6.45) is -2.89. The van der Waals surface area contributed by atoms with Crippen molar-refractivity contribution < 1.29 is 23.1 Å². The van der Waals surface area contributed by atoms with Gasteiger partial charge in [0.25, 0.3) is 0 Å². The van der Waals surface area contributed by atoms with Gasteiger partial charge in [-0.2, -0.15) is 13.2 Å². The number of carboxylic acids is 1. The Labute approximate surface area is 82.5 Å². The minimum absolute atomic E-state index is 0.544. The Bertz CT molecular complexity index is 378. The molecule has 0 fully saturated rings. The molecule has 0 aliphatic heterocycles. The zero-order valence-corrected chi connectivity index (χ0v) is 7.32. The van der Waals surface area contributed by atoms with Crippen molar-refractivity contribution in [2.24, 2.45) is 5.73 Å². The van der Waals surface area contributed by atoms with Crippen LogP contribution in [-0.2, 0) is 11.0 Å². The summed E-state index contributed by atoms with van der Waals surface area (Å²) in [7, 11) is 0. The molecule has 3 N–H and O–H groups in total. The molecule has 1 rings (SSSR count). The number of aromatic nitrogens is 1. The third-order valence-electron chi connectivity index (χ3n) is 1.76. The molecule has 4 nitrogen and oxygen atoms in total. The first-order chi connectivity index (χ1) is 6.84. The molecule has 1 heterocycles. The van der Waals surface area contributed by atoms with Gasteiger partial charge < -0.3 is 10.8 Å². The van der Waals surface area contributed by atoms with Crippen LogP contribution in [-0.4, -0.2) is 16.1 Å². The fourth-order valence-electron chi connectivity index (χ4n) is 1.05. The maximum atomic E-state index is 12.4. The van der Waals surface area contributed by atoms with E-state index in [0.29, 0.717) is 6.07 Å². The first-order valence-corrected chi connectivity index (χ1v) is 3.83. The van der Waals surface area contributed by atoms with Gasteiger partial charge in [-0.15, -0.1) is 0 Å². The van der Waals surface area contributed by atoms with Crippen molar-refractivity contribution in [2.75, 3.05) is 0 Å². The number of rotatable bonds is 2. The Morgan fingerprint density at radius 3 is 2.60 bits per heavy atom. The predicted molar refractivity (Wildman–Crippen MR) is 43.8 cm³/mol. The molecule has 1 aromatic heterocycles. The van der Waals surface area contributed by atoms with Crippen LogP contribution in [0.3, 0.4) is 0 Å². The molecule has 1 aromatic rings. The average molecular weight is 220 g/mol. The van der Waals surface area contributed by atoms with Crippen molar-refractivity contribution in [1.82, 2.24) is 4.98 Å². The third kappa shape index (κ3) is 2.44. The van der Waals surface area contributed by atoms with Crippen molar-refractivity contribution in [1.29, 1.82) is 0 Å². The van der Waals surface area contributed by atoms with E-state index in [4.69, 9.17) is 10.8 Å². The molecular weight excluding hydrogens is 213 g/mol. The van der Waals surface area contributed by atoms with Crippen LogP contribution in [0.1, 0.15) is 17.2 Å². The second-order valence-electron chi connectivity index (χ2n) is 2.78. The highest BCUT2D eigenvalue weighted by atomic mass is 19.4. The number of pyridine rings is 1. The lowest BCUT2D eigenvalue weighted by Crippen LogP contribution is -2.24. The fraction of sp³-hybridized carbons (Fsp3) is 0.250. The van der Waals surface area contributed by atoms with Crippen LogP contribution in [0, 0.1) is 0 Å². The van der Waals surface area contributed by atoms with Gasteiger partial charge in [0, 0.05) is 18.0 Å². The highest BCUT2D eigenvalue weighted by Gasteiger charge is 2.35. The van der Waals surface area contributed by atoms with Crippen LogP contribution >= 0.6 is 0 Å². The average Bonchev–Trinajstić information content (AvgIpc) is 2.15. The largest absolute Gasteiger partial charge is 0.480 e. The van der Waals surface area contributed by atoms with Gasteiger partial charge in [-0.1, -0.05) is 0 Å². The summed E-state index contributed by atoms with van der Waals surface area (Å²) in [6, 6.07) is -1.03. The standard InChI is InChI=1S/C8H7F3N2O2/c9-8(10,11)5-1-2-13-3-4(5)6(12)7(14)15/h1-3,6H,12H2,(H,14,15). The number of hydrogen-bond donors (Lipinski definition) is 2. The van der Waals surface area contributed by atoms with E-state index < -0.39 is 29.3 Å². The van der Waals surface area contributed by atoms with Crippen LogP contribution in [0.2, 0.25) is 0 Å². The summed E-state index contributed by atoms with van der Waals surface area (Å²) in [5, 5.41) is 8.51. The van der Waals surface area contributed by atoms with Crippen LogP contribution in [0.5, 0.6) is 0 Å². The summed E-state index contributed by atoms with van der Waals surface area (Å²) in [6.45, 7) is 0. The van der Waals surface area contributed by atoms with Crippen molar-refractivity contribution >= 4 is 5.97 Å². The predicted octanol–water partition coefficient (Wildman–Crippen LogP) is 1.18. The molecule has 0 aliphatic rings. The summed E-state index contributed by atoms with van der Waals surface area (Å²) < 4.78 is 37.2. The van der Waals surface area contributed by atoms with Crippen molar-refractivity contribution in [3.8, 4) is 0 Å². The quantitative estimate of drug-likeness (QED) is 0.784. The lowest BCUT2D eigenvalue weighted by molar-refractivity contribution is -0.141. The third-order valence-corrected chi connectivity index (χ3v) is 1.76. The molecule has 0 saturated carbocycles. The molecular formula is C8H7F3N2O2. The molecule has 0 radical (unpaired) electrons. The monoisotopic (exact) mass is 220 g/mol. The number of hydrogen-bond acceptors (Lipinski definition) is 3. The van der Waals surface area contributed by atoms with E-state index >= 15 is 0 Å². The maximum Gasteiger partial charge on any atom is 0.416 e. The SMILES string of the molecule is NC(C(=O)O)c1cnccc1C(F)(F)F. The lowest BCUT2D eigenvalue weighted by Gasteiger charge is -2.14. The normalized spacial score (nSPS) is 13.6. The summed E-state index contributed by atoms with van der Waals surface area (Å²) in [5.74, 6) is -1.53. The van der Waals surface area contributed by atoms with Gasteiger partial charge in [0.2, 0.25) is 0 Å². The summed E-state index contributed by atoms with van der Waals surface area (Å²) >= 11 is 0. The zero-order valence-electron chi connectivity index (χ0n) is 7.32. The van der Waals surface area contributed by atoms with Gasteiger partial charge in [-0.05, 0) is 6.07 Å². The number of halogens is 3. The van der Waals surface area contributed by atoms with Crippen LogP contribution in [0.15, 0.2) is 18.5 Å². The zero-order chi connectivity index (χ0) is 11.6. The summed E-state index contributed by atoms with van der Waals surface area (Å²) in [4.78, 5) is 13.9. The Kier molecular flexibility index (Phi) is 2.94. The van der Waals surface area contributed by atoms with E-state index in [1.807, 2.05) is 0 Å². The van der Waals surface area contributed by atoms with E-state index in [2.05, 4.69) is 4.98 Å². The van der Waals surface area contributed by atoms with Gasteiger partial charge >= 0.3 is 12.1 Å². The second-order valence-corrected chi connectivity index (χ2v) is 2.78. The van der Waals surface area contributed by atoms with E-state index in [1.165, 1.54) is 0 Å². The molecule has 0 amide bonds. The Morgan fingerprint density at radius 2 is 2.13 bits per heavy atom. The molecule has 1 unspecified atom stereocenters. The van der Waals surface area contributed by atoms with Crippen molar-refractivity contribution in [2.45, 2.75) is 12.2 Å². The molecule has 0 bridgehead atoms. The molecule has 82 valence electrons. The maximum absolute atomic E-state index is 12.4. The number of aliphatic carboxylic acids is 1. The van der Waals surface area contributed by atoms with Crippen molar-refractivity contribution in [3.63, 3.8) is 0 Å². The summed E-state index contributed by atoms with van der Waals surface area (Å²) in [5.41, 5.74) is 3.48. The van der Waals surface area contributed by atoms with Gasteiger partial charge in [-0.3, -0.25) is 9.78 Å². The molecule has 7 heteroatoms. The first kappa shape index (κ1) is 11.4. The number of alkyl halides is 3. The minimum Gasteiger partial charge on any atom is -0.480 e. The van der Waals surface area contributed by atoms with Gasteiger partial charge in [-0.25, -0.2) is 0 Å². The fourth-order valence-corrected chi connectivity index (χ4v) is 1.05. The van der Waals surface area contributed by atoms with E-state index in [0.717, 1.165) is 12.4 Å². The molecule has 0 aromatic carbocycles. The molecule has 15 heavy (non-hydrogen) atoms. The number of carboxylic acid groups (broad SMARTS) is 1. The molecule has 0 spiro atoms. The lowest BCUT2D eigenvalue weighted by atomic mass is 10.0. The Morgan fingerprint density at radius 1 is 1.53 bits per heavy atom. The first-order valence-electron chi connectivity index (χ1n) is 3.83.